The van der Waals surface area contributed by atoms with Crippen LogP contribution in [0.25, 0.3) is 22.2 Å². The maximum absolute atomic E-state index is 13.5. The summed E-state index contributed by atoms with van der Waals surface area (Å²) in [6.45, 7) is 1.90. The van der Waals surface area contributed by atoms with Crippen LogP contribution in [0.2, 0.25) is 5.02 Å². The Bertz CT molecular complexity index is 1360. The molecule has 0 spiro atoms. The van der Waals surface area contributed by atoms with Crippen LogP contribution in [0.15, 0.2) is 77.3 Å². The SMILES string of the molecule is COC(=O)[C@@H](Cc1ccccc1)NC(=O)c1cc(-c2ccc(Br)cc2)nc2c(C)cc(Cl)cc12. The van der Waals surface area contributed by atoms with E-state index in [0.29, 0.717) is 33.6 Å². The van der Waals surface area contributed by atoms with Gasteiger partial charge < -0.3 is 10.1 Å². The summed E-state index contributed by atoms with van der Waals surface area (Å²) in [5.41, 5.74) is 4.33. The molecule has 0 bridgehead atoms. The number of aryl methyl sites for hydroxylation is 1. The second-order valence-electron chi connectivity index (χ2n) is 7.92. The molecule has 0 radical (unpaired) electrons. The van der Waals surface area contributed by atoms with Gasteiger partial charge in [0.2, 0.25) is 0 Å². The third-order valence-electron chi connectivity index (χ3n) is 5.53. The van der Waals surface area contributed by atoms with Crippen molar-refractivity contribution < 1.29 is 14.3 Å². The minimum Gasteiger partial charge on any atom is -0.467 e. The molecule has 1 amide bonds. The molecule has 0 aliphatic heterocycles. The lowest BCUT2D eigenvalue weighted by Crippen LogP contribution is -2.43. The van der Waals surface area contributed by atoms with Gasteiger partial charge in [0, 0.05) is 26.9 Å². The number of aromatic nitrogens is 1. The second-order valence-corrected chi connectivity index (χ2v) is 9.27. The number of halogens is 2. The molecule has 3 aromatic carbocycles. The van der Waals surface area contributed by atoms with Crippen molar-refractivity contribution >= 4 is 50.3 Å². The summed E-state index contributed by atoms with van der Waals surface area (Å²) in [6, 6.07) is 21.6. The van der Waals surface area contributed by atoms with Crippen LogP contribution >= 0.6 is 27.5 Å². The topological polar surface area (TPSA) is 68.3 Å². The fourth-order valence-corrected chi connectivity index (χ4v) is 4.37. The third-order valence-corrected chi connectivity index (χ3v) is 6.27. The van der Waals surface area contributed by atoms with Crippen molar-refractivity contribution in [1.82, 2.24) is 10.3 Å². The van der Waals surface area contributed by atoms with Gasteiger partial charge >= 0.3 is 5.97 Å². The average Bonchev–Trinajstić information content (AvgIpc) is 2.83. The Kier molecular flexibility index (Phi) is 7.29. The van der Waals surface area contributed by atoms with E-state index in [1.54, 1.807) is 12.1 Å². The molecule has 0 unspecified atom stereocenters. The highest BCUT2D eigenvalue weighted by molar-refractivity contribution is 9.10. The smallest absolute Gasteiger partial charge is 0.328 e. The molecule has 0 saturated carbocycles. The van der Waals surface area contributed by atoms with Gasteiger partial charge in [-0.05, 0) is 48.4 Å². The molecule has 34 heavy (non-hydrogen) atoms. The summed E-state index contributed by atoms with van der Waals surface area (Å²) in [6.07, 6.45) is 0.307. The first kappa shape index (κ1) is 23.9. The highest BCUT2D eigenvalue weighted by Crippen LogP contribution is 2.30. The largest absolute Gasteiger partial charge is 0.467 e. The van der Waals surface area contributed by atoms with Crippen molar-refractivity contribution in [1.29, 1.82) is 0 Å². The predicted octanol–water partition coefficient (Wildman–Crippen LogP) is 6.14. The molecule has 1 N–H and O–H groups in total. The lowest BCUT2D eigenvalue weighted by Gasteiger charge is -2.18. The molecule has 0 saturated heterocycles. The van der Waals surface area contributed by atoms with Crippen LogP contribution in [0.1, 0.15) is 21.5 Å². The van der Waals surface area contributed by atoms with Crippen LogP contribution in [0.4, 0.5) is 0 Å². The van der Waals surface area contributed by atoms with Gasteiger partial charge in [-0.3, -0.25) is 4.79 Å². The van der Waals surface area contributed by atoms with Crippen molar-refractivity contribution in [2.24, 2.45) is 0 Å². The van der Waals surface area contributed by atoms with Gasteiger partial charge in [0.15, 0.2) is 0 Å². The van der Waals surface area contributed by atoms with Crippen LogP contribution in [0, 0.1) is 6.92 Å². The van der Waals surface area contributed by atoms with Gasteiger partial charge in [0.1, 0.15) is 6.04 Å². The van der Waals surface area contributed by atoms with E-state index in [1.165, 1.54) is 7.11 Å². The van der Waals surface area contributed by atoms with E-state index in [4.69, 9.17) is 21.3 Å². The van der Waals surface area contributed by atoms with E-state index in [1.807, 2.05) is 67.6 Å². The number of carbonyl (C=O) groups excluding carboxylic acids is 2. The lowest BCUT2D eigenvalue weighted by atomic mass is 10.0. The Hall–Kier alpha value is -3.22. The zero-order chi connectivity index (χ0) is 24.2. The molecule has 1 aromatic heterocycles. The van der Waals surface area contributed by atoms with E-state index < -0.39 is 17.9 Å². The van der Waals surface area contributed by atoms with E-state index >= 15 is 0 Å². The molecule has 172 valence electrons. The van der Waals surface area contributed by atoms with Crippen LogP contribution < -0.4 is 5.32 Å². The van der Waals surface area contributed by atoms with Crippen molar-refractivity contribution in [2.45, 2.75) is 19.4 Å². The van der Waals surface area contributed by atoms with E-state index in [0.717, 1.165) is 21.2 Å². The van der Waals surface area contributed by atoms with Crippen LogP contribution in [-0.2, 0) is 16.0 Å². The molecule has 0 aliphatic rings. The Morgan fingerprint density at radius 2 is 1.76 bits per heavy atom. The van der Waals surface area contributed by atoms with E-state index in [9.17, 15) is 9.59 Å². The average molecular weight is 538 g/mol. The molecule has 1 heterocycles. The Morgan fingerprint density at radius 1 is 1.06 bits per heavy atom. The molecule has 0 aliphatic carbocycles. The number of nitrogens with zero attached hydrogens (tertiary/aromatic N) is 1. The molecule has 5 nitrogen and oxygen atoms in total. The summed E-state index contributed by atoms with van der Waals surface area (Å²) >= 11 is 9.77. The number of nitrogens with one attached hydrogen (secondary N) is 1. The number of fused-ring (bicyclic) bond motifs is 1. The number of rotatable bonds is 6. The van der Waals surface area contributed by atoms with Gasteiger partial charge in [0.25, 0.3) is 5.91 Å². The Morgan fingerprint density at radius 3 is 2.44 bits per heavy atom. The summed E-state index contributed by atoms with van der Waals surface area (Å²) in [5, 5.41) is 3.98. The fourth-order valence-electron chi connectivity index (χ4n) is 3.83. The van der Waals surface area contributed by atoms with Gasteiger partial charge in [-0.2, -0.15) is 0 Å². The number of carbonyl (C=O) groups is 2. The van der Waals surface area contributed by atoms with Crippen molar-refractivity contribution in [3.63, 3.8) is 0 Å². The normalized spacial score (nSPS) is 11.8. The molecular formula is C27H22BrClN2O3. The first-order valence-electron chi connectivity index (χ1n) is 10.6. The van der Waals surface area contributed by atoms with Crippen molar-refractivity contribution in [3.05, 3.63) is 99.0 Å². The van der Waals surface area contributed by atoms with Crippen LogP contribution in [0.5, 0.6) is 0 Å². The molecule has 7 heteroatoms. The molecule has 1 atom stereocenters. The molecular weight excluding hydrogens is 516 g/mol. The van der Waals surface area contributed by atoms with Gasteiger partial charge in [-0.15, -0.1) is 0 Å². The van der Waals surface area contributed by atoms with Gasteiger partial charge in [0.05, 0.1) is 23.9 Å². The number of methoxy groups -OCH3 is 1. The van der Waals surface area contributed by atoms with Gasteiger partial charge in [-0.25, -0.2) is 9.78 Å². The number of hydrogen-bond donors (Lipinski definition) is 1. The zero-order valence-electron chi connectivity index (χ0n) is 18.6. The summed E-state index contributed by atoms with van der Waals surface area (Å²) < 4.78 is 5.90. The highest BCUT2D eigenvalue weighted by Gasteiger charge is 2.24. The third kappa shape index (κ3) is 5.29. The van der Waals surface area contributed by atoms with Crippen LogP contribution in [0.3, 0.4) is 0 Å². The second kappa shape index (κ2) is 10.4. The van der Waals surface area contributed by atoms with Crippen LogP contribution in [-0.4, -0.2) is 30.0 Å². The Balaban J connectivity index is 1.78. The van der Waals surface area contributed by atoms with E-state index in [2.05, 4.69) is 21.2 Å². The number of amides is 1. The summed E-state index contributed by atoms with van der Waals surface area (Å²) in [7, 11) is 1.31. The minimum atomic E-state index is -0.848. The van der Waals surface area contributed by atoms with E-state index in [-0.39, 0.29) is 0 Å². The number of hydrogen-bond acceptors (Lipinski definition) is 4. The lowest BCUT2D eigenvalue weighted by molar-refractivity contribution is -0.142. The molecule has 0 fully saturated rings. The summed E-state index contributed by atoms with van der Waals surface area (Å²) in [4.78, 5) is 30.9. The minimum absolute atomic E-state index is 0.307. The standard InChI is InChI=1S/C27H22BrClN2O3/c1-16-12-20(29)14-21-22(15-23(30-25(16)21)18-8-10-19(28)11-9-18)26(32)31-24(27(33)34-2)13-17-6-4-3-5-7-17/h3-12,14-15,24H,13H2,1-2H3,(H,31,32)/t24-/m1/s1. The number of esters is 1. The first-order chi connectivity index (χ1) is 16.4. The monoisotopic (exact) mass is 536 g/mol. The molecule has 4 rings (SSSR count). The maximum atomic E-state index is 13.5. The van der Waals surface area contributed by atoms with Crippen molar-refractivity contribution in [2.75, 3.05) is 7.11 Å². The predicted molar refractivity (Wildman–Crippen MR) is 138 cm³/mol. The molecule has 4 aromatic rings. The number of ether oxygens (including phenoxy) is 1. The zero-order valence-corrected chi connectivity index (χ0v) is 21.0. The van der Waals surface area contributed by atoms with Crippen molar-refractivity contribution in [3.8, 4) is 11.3 Å². The van der Waals surface area contributed by atoms with Gasteiger partial charge in [-0.1, -0.05) is 70.0 Å². The fraction of sp³-hybridized carbons (Fsp3) is 0.148. The summed E-state index contributed by atoms with van der Waals surface area (Å²) in [5.74, 6) is -0.920. The quantitative estimate of drug-likeness (QED) is 0.300. The number of benzene rings is 3. The Labute approximate surface area is 211 Å². The maximum Gasteiger partial charge on any atom is 0.328 e. The number of pyridine rings is 1. The first-order valence-corrected chi connectivity index (χ1v) is 11.8. The highest BCUT2D eigenvalue weighted by atomic mass is 79.9.